The summed E-state index contributed by atoms with van der Waals surface area (Å²) in [6.45, 7) is 5.24. The largest absolute Gasteiger partial charge is 0.449 e. The molecule has 0 fully saturated rings. The van der Waals surface area contributed by atoms with Gasteiger partial charge in [0.2, 0.25) is 5.82 Å². The van der Waals surface area contributed by atoms with Crippen molar-refractivity contribution in [3.8, 4) is 0 Å². The summed E-state index contributed by atoms with van der Waals surface area (Å²) in [6.07, 6.45) is -4.34. The summed E-state index contributed by atoms with van der Waals surface area (Å²) in [6, 6.07) is 0. The molecule has 1 aliphatic heterocycles. The number of aromatic nitrogens is 4. The second-order valence-corrected chi connectivity index (χ2v) is 6.06. The highest BCUT2D eigenvalue weighted by molar-refractivity contribution is 5.22. The molecule has 0 radical (unpaired) electrons. The van der Waals surface area contributed by atoms with E-state index in [0.717, 1.165) is 17.2 Å². The maximum absolute atomic E-state index is 12.7. The number of imidazole rings is 1. The minimum absolute atomic E-state index is 0.231. The molecule has 2 aromatic rings. The lowest BCUT2D eigenvalue weighted by molar-refractivity contribution is -0.145. The molecule has 0 unspecified atom stereocenters. The third-order valence-electron chi connectivity index (χ3n) is 4.49. The molecule has 6 nitrogen and oxygen atoms in total. The fraction of sp³-hybridized carbons (Fsp3) is 0.533. The van der Waals surface area contributed by atoms with Crippen LogP contribution < -0.4 is 5.56 Å². The summed E-state index contributed by atoms with van der Waals surface area (Å²) in [4.78, 5) is 23.9. The van der Waals surface area contributed by atoms with Gasteiger partial charge in [-0.1, -0.05) is 0 Å². The lowest BCUT2D eigenvalue weighted by atomic mass is 10.1. The molecule has 0 bridgehead atoms. The molecule has 1 N–H and O–H groups in total. The first-order valence-electron chi connectivity index (χ1n) is 7.57. The summed E-state index contributed by atoms with van der Waals surface area (Å²) in [5.41, 5.74) is 1.83. The van der Waals surface area contributed by atoms with Crippen molar-refractivity contribution in [2.75, 3.05) is 6.54 Å². The van der Waals surface area contributed by atoms with E-state index in [1.165, 1.54) is 0 Å². The Morgan fingerprint density at radius 3 is 2.54 bits per heavy atom. The van der Waals surface area contributed by atoms with Gasteiger partial charge >= 0.3 is 6.18 Å². The number of rotatable bonds is 2. The summed E-state index contributed by atoms with van der Waals surface area (Å²) < 4.78 is 40.2. The van der Waals surface area contributed by atoms with Crippen molar-refractivity contribution in [2.45, 2.75) is 39.5 Å². The van der Waals surface area contributed by atoms with Gasteiger partial charge in [-0.2, -0.15) is 13.2 Å². The molecule has 24 heavy (non-hydrogen) atoms. The monoisotopic (exact) mass is 341 g/mol. The van der Waals surface area contributed by atoms with Crippen molar-refractivity contribution in [3.05, 3.63) is 44.6 Å². The quantitative estimate of drug-likeness (QED) is 0.903. The van der Waals surface area contributed by atoms with Gasteiger partial charge in [0, 0.05) is 32.3 Å². The molecule has 9 heteroatoms. The van der Waals surface area contributed by atoms with E-state index < -0.39 is 17.6 Å². The Balaban J connectivity index is 1.84. The van der Waals surface area contributed by atoms with Crippen molar-refractivity contribution < 1.29 is 13.2 Å². The van der Waals surface area contributed by atoms with Crippen LogP contribution in [-0.2, 0) is 32.7 Å². The molecule has 3 rings (SSSR count). The highest BCUT2D eigenvalue weighted by Crippen LogP contribution is 2.26. The van der Waals surface area contributed by atoms with Gasteiger partial charge in [-0.3, -0.25) is 9.69 Å². The van der Waals surface area contributed by atoms with Crippen LogP contribution in [0.1, 0.15) is 34.3 Å². The predicted molar refractivity (Wildman–Crippen MR) is 80.4 cm³/mol. The fourth-order valence-corrected chi connectivity index (χ4v) is 2.88. The Kier molecular flexibility index (Phi) is 3.98. The highest BCUT2D eigenvalue weighted by atomic mass is 19.4. The van der Waals surface area contributed by atoms with Gasteiger partial charge in [0.15, 0.2) is 0 Å². The molecule has 130 valence electrons. The van der Waals surface area contributed by atoms with E-state index in [-0.39, 0.29) is 12.2 Å². The van der Waals surface area contributed by atoms with Crippen LogP contribution in [0.15, 0.2) is 4.79 Å². The molecule has 2 aromatic heterocycles. The number of aromatic amines is 1. The number of aryl methyl sites for hydroxylation is 1. The third kappa shape index (κ3) is 2.95. The van der Waals surface area contributed by atoms with Gasteiger partial charge in [0.1, 0.15) is 5.82 Å². The minimum atomic E-state index is -4.65. The van der Waals surface area contributed by atoms with E-state index in [1.54, 1.807) is 0 Å². The van der Waals surface area contributed by atoms with Crippen LogP contribution in [0.2, 0.25) is 0 Å². The maximum Gasteiger partial charge on any atom is 0.449 e. The molecule has 0 aliphatic carbocycles. The average molecular weight is 341 g/mol. The van der Waals surface area contributed by atoms with E-state index in [1.807, 2.05) is 35.3 Å². The number of nitrogens with one attached hydrogen (secondary N) is 1. The van der Waals surface area contributed by atoms with Gasteiger partial charge in [0.05, 0.1) is 23.5 Å². The van der Waals surface area contributed by atoms with Gasteiger partial charge < -0.3 is 9.55 Å². The van der Waals surface area contributed by atoms with E-state index in [0.29, 0.717) is 25.1 Å². The van der Waals surface area contributed by atoms with E-state index >= 15 is 0 Å². The number of halogens is 3. The number of H-pyrrole nitrogens is 1. The standard InChI is InChI=1S/C15H18F3N5O/c1-8-9(2)22(3)12(19-8)7-23-5-4-11-10(6-23)13(24)21-14(20-11)15(16,17)18/h4-7H2,1-3H3,(H,20,21,24). The first kappa shape index (κ1) is 16.7. The summed E-state index contributed by atoms with van der Waals surface area (Å²) in [5.74, 6) is -0.361. The lowest BCUT2D eigenvalue weighted by Gasteiger charge is -2.27. The van der Waals surface area contributed by atoms with Crippen LogP contribution in [-0.4, -0.2) is 31.0 Å². The Labute approximate surface area is 136 Å². The van der Waals surface area contributed by atoms with Crippen LogP contribution >= 0.6 is 0 Å². The zero-order chi connectivity index (χ0) is 17.6. The van der Waals surface area contributed by atoms with Gasteiger partial charge in [0.25, 0.3) is 5.56 Å². The summed E-state index contributed by atoms with van der Waals surface area (Å²) in [7, 11) is 1.92. The number of hydrogen-bond acceptors (Lipinski definition) is 4. The number of fused-ring (bicyclic) bond motifs is 1. The Morgan fingerprint density at radius 2 is 1.96 bits per heavy atom. The van der Waals surface area contributed by atoms with Crippen molar-refractivity contribution in [1.82, 2.24) is 24.4 Å². The zero-order valence-corrected chi connectivity index (χ0v) is 13.7. The van der Waals surface area contributed by atoms with Crippen LogP contribution in [0.4, 0.5) is 13.2 Å². The van der Waals surface area contributed by atoms with Crippen molar-refractivity contribution >= 4 is 0 Å². The van der Waals surface area contributed by atoms with E-state index in [2.05, 4.69) is 9.97 Å². The van der Waals surface area contributed by atoms with Gasteiger partial charge in [-0.05, 0) is 13.8 Å². The molecule has 3 heterocycles. The summed E-state index contributed by atoms with van der Waals surface area (Å²) >= 11 is 0. The van der Waals surface area contributed by atoms with Crippen LogP contribution in [0, 0.1) is 13.8 Å². The second-order valence-electron chi connectivity index (χ2n) is 6.06. The van der Waals surface area contributed by atoms with Gasteiger partial charge in [-0.25, -0.2) is 9.97 Å². The molecule has 0 amide bonds. The molecular weight excluding hydrogens is 323 g/mol. The first-order valence-corrected chi connectivity index (χ1v) is 7.57. The lowest BCUT2D eigenvalue weighted by Crippen LogP contribution is -2.37. The number of nitrogens with zero attached hydrogens (tertiary/aromatic N) is 4. The van der Waals surface area contributed by atoms with E-state index in [4.69, 9.17) is 0 Å². The topological polar surface area (TPSA) is 66.8 Å². The second kappa shape index (κ2) is 5.73. The zero-order valence-electron chi connectivity index (χ0n) is 13.7. The number of hydrogen-bond donors (Lipinski definition) is 1. The van der Waals surface area contributed by atoms with Crippen molar-refractivity contribution in [2.24, 2.45) is 7.05 Å². The van der Waals surface area contributed by atoms with Gasteiger partial charge in [-0.15, -0.1) is 0 Å². The molecule has 0 aromatic carbocycles. The third-order valence-corrected chi connectivity index (χ3v) is 4.49. The molecule has 0 saturated heterocycles. The number of alkyl halides is 3. The molecule has 1 aliphatic rings. The Bertz CT molecular complexity index is 837. The Morgan fingerprint density at radius 1 is 1.25 bits per heavy atom. The minimum Gasteiger partial charge on any atom is -0.334 e. The fourth-order valence-electron chi connectivity index (χ4n) is 2.88. The van der Waals surface area contributed by atoms with Crippen molar-refractivity contribution in [3.63, 3.8) is 0 Å². The van der Waals surface area contributed by atoms with Crippen LogP contribution in [0.25, 0.3) is 0 Å². The van der Waals surface area contributed by atoms with Crippen LogP contribution in [0.5, 0.6) is 0 Å². The SMILES string of the molecule is Cc1nc(CN2CCc3nc(C(F)(F)F)[nH]c(=O)c3C2)n(C)c1C. The predicted octanol–water partition coefficient (Wildman–Crippen LogP) is 1.70. The molecular formula is C15H18F3N5O. The van der Waals surface area contributed by atoms with Crippen molar-refractivity contribution in [1.29, 1.82) is 0 Å². The molecule has 0 atom stereocenters. The molecule has 0 saturated carbocycles. The van der Waals surface area contributed by atoms with Crippen LogP contribution in [0.3, 0.4) is 0 Å². The normalized spacial score (nSPS) is 15.6. The maximum atomic E-state index is 12.7. The van der Waals surface area contributed by atoms with E-state index in [9.17, 15) is 18.0 Å². The summed E-state index contributed by atoms with van der Waals surface area (Å²) in [5, 5.41) is 0. The first-order chi connectivity index (χ1) is 11.2. The Hall–Kier alpha value is -2.16. The molecule has 0 spiro atoms. The smallest absolute Gasteiger partial charge is 0.334 e. The average Bonchev–Trinajstić information content (AvgIpc) is 2.74. The highest BCUT2D eigenvalue weighted by Gasteiger charge is 2.36.